The van der Waals surface area contributed by atoms with Crippen molar-refractivity contribution < 1.29 is 9.53 Å². The highest BCUT2D eigenvalue weighted by Gasteiger charge is 2.18. The second kappa shape index (κ2) is 10.2. The maximum absolute atomic E-state index is 11.7. The highest BCUT2D eigenvalue weighted by molar-refractivity contribution is 5.75. The molecule has 0 atom stereocenters. The zero-order chi connectivity index (χ0) is 13.9. The van der Waals surface area contributed by atoms with E-state index in [1.54, 1.807) is 7.11 Å². The Kier molecular flexibility index (Phi) is 8.84. The molecular formula is C15H30N2O2. The van der Waals surface area contributed by atoms with Crippen molar-refractivity contribution in [1.82, 2.24) is 5.32 Å². The van der Waals surface area contributed by atoms with Gasteiger partial charge in [0.1, 0.15) is 0 Å². The average Bonchev–Trinajstić information content (AvgIpc) is 2.42. The Morgan fingerprint density at radius 2 is 1.95 bits per heavy atom. The highest BCUT2D eigenvalue weighted by Crippen LogP contribution is 2.26. The van der Waals surface area contributed by atoms with Crippen molar-refractivity contribution in [3.8, 4) is 0 Å². The topological polar surface area (TPSA) is 64.3 Å². The molecule has 1 fully saturated rings. The fourth-order valence-corrected chi connectivity index (χ4v) is 2.68. The Hall–Kier alpha value is -0.610. The second-order valence-corrected chi connectivity index (χ2v) is 5.72. The van der Waals surface area contributed by atoms with E-state index in [1.165, 1.54) is 12.8 Å². The van der Waals surface area contributed by atoms with Crippen LogP contribution in [0.25, 0.3) is 0 Å². The molecule has 112 valence electrons. The lowest BCUT2D eigenvalue weighted by Gasteiger charge is -2.25. The first-order valence-electron chi connectivity index (χ1n) is 7.73. The smallest absolute Gasteiger partial charge is 0.220 e. The molecule has 1 rings (SSSR count). The molecule has 0 aliphatic heterocycles. The predicted molar refractivity (Wildman–Crippen MR) is 77.9 cm³/mol. The Labute approximate surface area is 117 Å². The zero-order valence-corrected chi connectivity index (χ0v) is 12.3. The van der Waals surface area contributed by atoms with Crippen molar-refractivity contribution in [3.05, 3.63) is 0 Å². The van der Waals surface area contributed by atoms with Crippen molar-refractivity contribution in [3.63, 3.8) is 0 Å². The first-order chi connectivity index (χ1) is 9.22. The molecule has 1 aliphatic rings. The minimum atomic E-state index is 0.210. The van der Waals surface area contributed by atoms with E-state index in [0.717, 1.165) is 51.7 Å². The van der Waals surface area contributed by atoms with Crippen molar-refractivity contribution in [2.24, 2.45) is 11.7 Å². The summed E-state index contributed by atoms with van der Waals surface area (Å²) in [6.07, 6.45) is 9.62. The molecular weight excluding hydrogens is 240 g/mol. The third-order valence-electron chi connectivity index (χ3n) is 4.02. The van der Waals surface area contributed by atoms with Crippen molar-refractivity contribution in [2.75, 3.05) is 20.3 Å². The Morgan fingerprint density at radius 1 is 1.21 bits per heavy atom. The number of rotatable bonds is 9. The molecule has 0 heterocycles. The van der Waals surface area contributed by atoms with Crippen LogP contribution in [-0.2, 0) is 9.53 Å². The number of amides is 1. The van der Waals surface area contributed by atoms with Gasteiger partial charge in [0.15, 0.2) is 0 Å². The lowest BCUT2D eigenvalue weighted by atomic mass is 9.84. The predicted octanol–water partition coefficient (Wildman–Crippen LogP) is 2.22. The fraction of sp³-hybridized carbons (Fsp3) is 0.933. The molecule has 3 N–H and O–H groups in total. The van der Waals surface area contributed by atoms with Gasteiger partial charge in [0, 0.05) is 32.7 Å². The number of unbranched alkanes of at least 4 members (excludes halogenated alkanes) is 2. The van der Waals surface area contributed by atoms with Crippen LogP contribution in [0.3, 0.4) is 0 Å². The fourth-order valence-electron chi connectivity index (χ4n) is 2.68. The molecule has 4 nitrogen and oxygen atoms in total. The van der Waals surface area contributed by atoms with Gasteiger partial charge in [0.05, 0.1) is 0 Å². The maximum Gasteiger partial charge on any atom is 0.220 e. The van der Waals surface area contributed by atoms with Crippen LogP contribution >= 0.6 is 0 Å². The summed E-state index contributed by atoms with van der Waals surface area (Å²) >= 11 is 0. The summed E-state index contributed by atoms with van der Waals surface area (Å²) in [4.78, 5) is 11.7. The van der Waals surface area contributed by atoms with Crippen LogP contribution in [0.1, 0.15) is 57.8 Å². The summed E-state index contributed by atoms with van der Waals surface area (Å²) in [6, 6.07) is 0.400. The molecule has 4 heteroatoms. The van der Waals surface area contributed by atoms with E-state index in [4.69, 9.17) is 10.5 Å². The van der Waals surface area contributed by atoms with Gasteiger partial charge in [-0.25, -0.2) is 0 Å². The largest absolute Gasteiger partial charge is 0.385 e. The Bertz CT molecular complexity index is 238. The molecule has 0 radical (unpaired) electrons. The number of nitrogens with two attached hydrogens (primary N) is 1. The lowest BCUT2D eigenvalue weighted by Crippen LogP contribution is -2.28. The second-order valence-electron chi connectivity index (χ2n) is 5.72. The minimum absolute atomic E-state index is 0.210. The van der Waals surface area contributed by atoms with Crippen molar-refractivity contribution >= 4 is 5.91 Å². The van der Waals surface area contributed by atoms with E-state index < -0.39 is 0 Å². The molecule has 0 aromatic heterocycles. The molecule has 19 heavy (non-hydrogen) atoms. The number of nitrogens with one attached hydrogen (secondary N) is 1. The number of hydrogen-bond acceptors (Lipinski definition) is 3. The van der Waals surface area contributed by atoms with Gasteiger partial charge in [-0.15, -0.1) is 0 Å². The van der Waals surface area contributed by atoms with E-state index in [2.05, 4.69) is 5.32 Å². The standard InChI is InChI=1S/C15H30N2O2/c1-19-12-4-2-3-11-17-15(18)10-7-13-5-8-14(16)9-6-13/h13-14H,2-12,16H2,1H3,(H,17,18). The molecule has 0 aromatic rings. The van der Waals surface area contributed by atoms with Gasteiger partial charge in [-0.3, -0.25) is 4.79 Å². The summed E-state index contributed by atoms with van der Waals surface area (Å²) in [6.45, 7) is 1.62. The number of carbonyl (C=O) groups is 1. The maximum atomic E-state index is 11.7. The molecule has 0 spiro atoms. The number of carbonyl (C=O) groups excluding carboxylic acids is 1. The van der Waals surface area contributed by atoms with Crippen LogP contribution in [0.5, 0.6) is 0 Å². The van der Waals surface area contributed by atoms with E-state index in [9.17, 15) is 4.79 Å². The van der Waals surface area contributed by atoms with Gasteiger partial charge < -0.3 is 15.8 Å². The first kappa shape index (κ1) is 16.4. The number of ether oxygens (including phenoxy) is 1. The molecule has 0 aromatic carbocycles. The van der Waals surface area contributed by atoms with Crippen LogP contribution in [-0.4, -0.2) is 32.2 Å². The van der Waals surface area contributed by atoms with Gasteiger partial charge in [0.2, 0.25) is 5.91 Å². The average molecular weight is 270 g/mol. The third-order valence-corrected chi connectivity index (χ3v) is 4.02. The molecule has 0 unspecified atom stereocenters. The first-order valence-corrected chi connectivity index (χ1v) is 7.73. The SMILES string of the molecule is COCCCCCNC(=O)CCC1CCC(N)CC1. The zero-order valence-electron chi connectivity index (χ0n) is 12.3. The van der Waals surface area contributed by atoms with Crippen molar-refractivity contribution in [1.29, 1.82) is 0 Å². The molecule has 1 aliphatic carbocycles. The van der Waals surface area contributed by atoms with Gasteiger partial charge >= 0.3 is 0 Å². The minimum Gasteiger partial charge on any atom is -0.385 e. The highest BCUT2D eigenvalue weighted by atomic mass is 16.5. The normalized spacial score (nSPS) is 23.3. The van der Waals surface area contributed by atoms with Crippen LogP contribution in [0.4, 0.5) is 0 Å². The monoisotopic (exact) mass is 270 g/mol. The lowest BCUT2D eigenvalue weighted by molar-refractivity contribution is -0.121. The Morgan fingerprint density at radius 3 is 2.63 bits per heavy atom. The van der Waals surface area contributed by atoms with Gasteiger partial charge in [0.25, 0.3) is 0 Å². The summed E-state index contributed by atoms with van der Waals surface area (Å²) in [5.74, 6) is 0.925. The van der Waals surface area contributed by atoms with Crippen LogP contribution in [0, 0.1) is 5.92 Å². The molecule has 0 saturated heterocycles. The summed E-state index contributed by atoms with van der Waals surface area (Å²) in [7, 11) is 1.72. The van der Waals surface area contributed by atoms with Crippen LogP contribution in [0.2, 0.25) is 0 Å². The van der Waals surface area contributed by atoms with Crippen molar-refractivity contribution in [2.45, 2.75) is 63.8 Å². The number of hydrogen-bond donors (Lipinski definition) is 2. The molecule has 1 saturated carbocycles. The van der Waals surface area contributed by atoms with E-state index in [1.807, 2.05) is 0 Å². The van der Waals surface area contributed by atoms with Crippen LogP contribution in [0.15, 0.2) is 0 Å². The van der Waals surface area contributed by atoms with Gasteiger partial charge in [-0.1, -0.05) is 0 Å². The quantitative estimate of drug-likeness (QED) is 0.631. The van der Waals surface area contributed by atoms with E-state index in [0.29, 0.717) is 18.4 Å². The van der Waals surface area contributed by atoms with Gasteiger partial charge in [-0.2, -0.15) is 0 Å². The summed E-state index contributed by atoms with van der Waals surface area (Å²) < 4.78 is 4.99. The molecule has 0 bridgehead atoms. The molecule has 1 amide bonds. The summed E-state index contributed by atoms with van der Waals surface area (Å²) in [5.41, 5.74) is 5.88. The van der Waals surface area contributed by atoms with Crippen LogP contribution < -0.4 is 11.1 Å². The van der Waals surface area contributed by atoms with Gasteiger partial charge in [-0.05, 0) is 57.3 Å². The Balaban J connectivity index is 1.93. The summed E-state index contributed by atoms with van der Waals surface area (Å²) in [5, 5.41) is 3.00. The van der Waals surface area contributed by atoms with E-state index in [-0.39, 0.29) is 5.91 Å². The van der Waals surface area contributed by atoms with E-state index >= 15 is 0 Å². The third kappa shape index (κ3) is 8.22. The number of methoxy groups -OCH3 is 1.